The van der Waals surface area contributed by atoms with Crippen LogP contribution in [0.5, 0.6) is 5.75 Å². The molecule has 3 aromatic carbocycles. The second-order valence-corrected chi connectivity index (χ2v) is 6.84. The lowest BCUT2D eigenvalue weighted by Gasteiger charge is -2.15. The van der Waals surface area contributed by atoms with E-state index in [-0.39, 0.29) is 0 Å². The van der Waals surface area contributed by atoms with E-state index in [1.807, 2.05) is 31.2 Å². The van der Waals surface area contributed by atoms with Gasteiger partial charge in [-0.2, -0.15) is 0 Å². The van der Waals surface area contributed by atoms with E-state index >= 15 is 0 Å². The molecule has 4 heteroatoms. The normalized spacial score (nSPS) is 11.0. The zero-order valence-electron chi connectivity index (χ0n) is 15.7. The molecule has 1 N–H and O–H groups in total. The van der Waals surface area contributed by atoms with E-state index in [0.29, 0.717) is 6.61 Å². The van der Waals surface area contributed by atoms with Crippen molar-refractivity contribution in [1.29, 1.82) is 0 Å². The summed E-state index contributed by atoms with van der Waals surface area (Å²) in [6.45, 7) is 5.79. The van der Waals surface area contributed by atoms with Gasteiger partial charge in [0.05, 0.1) is 0 Å². The van der Waals surface area contributed by atoms with Crippen molar-refractivity contribution in [3.05, 3.63) is 76.8 Å². The maximum absolute atomic E-state index is 6.16. The molecule has 0 radical (unpaired) electrons. The largest absolute Gasteiger partial charge is 0.489 e. The van der Waals surface area contributed by atoms with E-state index < -0.39 is 0 Å². The van der Waals surface area contributed by atoms with Gasteiger partial charge in [0.2, 0.25) is 0 Å². The van der Waals surface area contributed by atoms with E-state index in [1.54, 1.807) is 0 Å². The molecule has 0 aliphatic rings. The monoisotopic (exact) mass is 383 g/mol. The summed E-state index contributed by atoms with van der Waals surface area (Å²) in [4.78, 5) is 0. The third-order valence-electron chi connectivity index (χ3n) is 4.45. The molecule has 0 saturated carbocycles. The zero-order chi connectivity index (χ0) is 18.9. The van der Waals surface area contributed by atoms with Crippen molar-refractivity contribution >= 4 is 22.4 Å². The Morgan fingerprint density at radius 3 is 2.59 bits per heavy atom. The average Bonchev–Trinajstić information content (AvgIpc) is 2.70. The van der Waals surface area contributed by atoms with E-state index in [2.05, 4.69) is 41.7 Å². The molecule has 27 heavy (non-hydrogen) atoms. The van der Waals surface area contributed by atoms with E-state index in [9.17, 15) is 0 Å². The van der Waals surface area contributed by atoms with Crippen molar-refractivity contribution < 1.29 is 9.47 Å². The fourth-order valence-corrected chi connectivity index (χ4v) is 3.16. The molecule has 0 bridgehead atoms. The van der Waals surface area contributed by atoms with Crippen molar-refractivity contribution in [2.45, 2.75) is 26.5 Å². The molecule has 0 unspecified atom stereocenters. The van der Waals surface area contributed by atoms with Gasteiger partial charge in [-0.05, 0) is 54.4 Å². The maximum Gasteiger partial charge on any atom is 0.124 e. The predicted molar refractivity (Wildman–Crippen MR) is 113 cm³/mol. The molecule has 142 valence electrons. The number of benzene rings is 3. The van der Waals surface area contributed by atoms with Crippen LogP contribution in [0.1, 0.15) is 24.5 Å². The highest BCUT2D eigenvalue weighted by Gasteiger charge is 2.09. The van der Waals surface area contributed by atoms with Gasteiger partial charge in [0.1, 0.15) is 12.4 Å². The SMILES string of the molecule is CCOCCCNCc1c(OCc2ccc(Cl)cc2)ccc2ccccc12. The summed E-state index contributed by atoms with van der Waals surface area (Å²) in [7, 11) is 0. The van der Waals surface area contributed by atoms with Crippen LogP contribution in [-0.4, -0.2) is 19.8 Å². The van der Waals surface area contributed by atoms with Gasteiger partial charge in [-0.25, -0.2) is 0 Å². The van der Waals surface area contributed by atoms with Crippen LogP contribution in [0.15, 0.2) is 60.7 Å². The minimum Gasteiger partial charge on any atom is -0.489 e. The van der Waals surface area contributed by atoms with Crippen LogP contribution in [0.2, 0.25) is 5.02 Å². The highest BCUT2D eigenvalue weighted by molar-refractivity contribution is 6.30. The first kappa shape index (κ1) is 19.7. The Bertz CT molecular complexity index is 849. The molecule has 0 amide bonds. The predicted octanol–water partition coefficient (Wildman–Crippen LogP) is 5.59. The molecule has 0 atom stereocenters. The Labute approximate surface area is 166 Å². The van der Waals surface area contributed by atoms with Crippen molar-refractivity contribution in [2.75, 3.05) is 19.8 Å². The highest BCUT2D eigenvalue weighted by atomic mass is 35.5. The molecule has 0 spiro atoms. The van der Waals surface area contributed by atoms with Gasteiger partial charge in [-0.3, -0.25) is 0 Å². The number of hydrogen-bond donors (Lipinski definition) is 1. The van der Waals surface area contributed by atoms with Crippen LogP contribution in [0.4, 0.5) is 0 Å². The lowest BCUT2D eigenvalue weighted by molar-refractivity contribution is 0.144. The van der Waals surface area contributed by atoms with E-state index in [4.69, 9.17) is 21.1 Å². The second-order valence-electron chi connectivity index (χ2n) is 6.41. The lowest BCUT2D eigenvalue weighted by Crippen LogP contribution is -2.17. The summed E-state index contributed by atoms with van der Waals surface area (Å²) in [6, 6.07) is 20.4. The van der Waals surface area contributed by atoms with Crippen molar-refractivity contribution in [3.8, 4) is 5.75 Å². The molecule has 0 saturated heterocycles. The molecule has 0 aliphatic heterocycles. The van der Waals surface area contributed by atoms with Gasteiger partial charge in [-0.15, -0.1) is 0 Å². The first-order valence-corrected chi connectivity index (χ1v) is 9.82. The third kappa shape index (κ3) is 5.70. The molecule has 0 aliphatic carbocycles. The Hall–Kier alpha value is -2.07. The summed E-state index contributed by atoms with van der Waals surface area (Å²) >= 11 is 5.96. The minimum atomic E-state index is 0.521. The lowest BCUT2D eigenvalue weighted by atomic mass is 10.0. The van der Waals surface area contributed by atoms with Gasteiger partial charge in [-0.1, -0.05) is 54.1 Å². The summed E-state index contributed by atoms with van der Waals surface area (Å²) in [5.41, 5.74) is 2.29. The van der Waals surface area contributed by atoms with Gasteiger partial charge < -0.3 is 14.8 Å². The minimum absolute atomic E-state index is 0.521. The summed E-state index contributed by atoms with van der Waals surface area (Å²) in [5, 5.41) is 6.71. The van der Waals surface area contributed by atoms with Crippen molar-refractivity contribution in [2.24, 2.45) is 0 Å². The molecule has 0 fully saturated rings. The van der Waals surface area contributed by atoms with Crippen LogP contribution in [0.25, 0.3) is 10.8 Å². The standard InChI is InChI=1S/C23H26ClNO2/c1-2-26-15-5-14-25-16-22-21-7-4-3-6-19(21)10-13-23(22)27-17-18-8-11-20(24)12-9-18/h3-4,6-13,25H,2,5,14-17H2,1H3. The fraction of sp³-hybridized carbons (Fsp3) is 0.304. The molecule has 3 aromatic rings. The first-order chi connectivity index (χ1) is 13.3. The van der Waals surface area contributed by atoms with Crippen LogP contribution >= 0.6 is 11.6 Å². The van der Waals surface area contributed by atoms with Crippen LogP contribution in [0.3, 0.4) is 0 Å². The summed E-state index contributed by atoms with van der Waals surface area (Å²) < 4.78 is 11.6. The van der Waals surface area contributed by atoms with E-state index in [0.717, 1.165) is 49.1 Å². The Kier molecular flexibility index (Phi) is 7.52. The van der Waals surface area contributed by atoms with E-state index in [1.165, 1.54) is 16.3 Å². The number of rotatable bonds is 10. The molecular formula is C23H26ClNO2. The van der Waals surface area contributed by atoms with Crippen molar-refractivity contribution in [1.82, 2.24) is 5.32 Å². The quantitative estimate of drug-likeness (QED) is 0.463. The molecule has 0 aromatic heterocycles. The summed E-state index contributed by atoms with van der Waals surface area (Å²) in [6.07, 6.45) is 1.000. The van der Waals surface area contributed by atoms with Crippen molar-refractivity contribution in [3.63, 3.8) is 0 Å². The van der Waals surface area contributed by atoms with Crippen LogP contribution in [-0.2, 0) is 17.9 Å². The van der Waals surface area contributed by atoms with Crippen LogP contribution < -0.4 is 10.1 Å². The van der Waals surface area contributed by atoms with Gasteiger partial charge in [0, 0.05) is 30.3 Å². The Balaban J connectivity index is 1.71. The highest BCUT2D eigenvalue weighted by Crippen LogP contribution is 2.29. The number of fused-ring (bicyclic) bond motifs is 1. The third-order valence-corrected chi connectivity index (χ3v) is 4.71. The number of ether oxygens (including phenoxy) is 2. The zero-order valence-corrected chi connectivity index (χ0v) is 16.5. The first-order valence-electron chi connectivity index (χ1n) is 9.44. The van der Waals surface area contributed by atoms with Gasteiger partial charge in [0.25, 0.3) is 0 Å². The Morgan fingerprint density at radius 1 is 0.963 bits per heavy atom. The fourth-order valence-electron chi connectivity index (χ4n) is 3.03. The van der Waals surface area contributed by atoms with Crippen LogP contribution in [0, 0.1) is 0 Å². The van der Waals surface area contributed by atoms with Gasteiger partial charge in [0.15, 0.2) is 0 Å². The second kappa shape index (κ2) is 10.3. The smallest absolute Gasteiger partial charge is 0.124 e. The molecular weight excluding hydrogens is 358 g/mol. The van der Waals surface area contributed by atoms with Gasteiger partial charge >= 0.3 is 0 Å². The topological polar surface area (TPSA) is 30.5 Å². The number of hydrogen-bond acceptors (Lipinski definition) is 3. The molecule has 3 rings (SSSR count). The Morgan fingerprint density at radius 2 is 1.78 bits per heavy atom. The molecule has 3 nitrogen and oxygen atoms in total. The molecule has 0 heterocycles. The maximum atomic E-state index is 6.16. The average molecular weight is 384 g/mol. The summed E-state index contributed by atoms with van der Waals surface area (Å²) in [5.74, 6) is 0.918. The number of nitrogens with one attached hydrogen (secondary N) is 1. The number of halogens is 1.